The van der Waals surface area contributed by atoms with Gasteiger partial charge in [0.1, 0.15) is 10.5 Å². The van der Waals surface area contributed by atoms with Gasteiger partial charge in [-0.25, -0.2) is 4.98 Å². The highest BCUT2D eigenvalue weighted by Crippen LogP contribution is 2.16. The van der Waals surface area contributed by atoms with Crippen molar-refractivity contribution in [2.24, 2.45) is 0 Å². The maximum absolute atomic E-state index is 11.9. The summed E-state index contributed by atoms with van der Waals surface area (Å²) in [5, 5.41) is 5.18. The van der Waals surface area contributed by atoms with Crippen LogP contribution in [0.5, 0.6) is 0 Å². The van der Waals surface area contributed by atoms with Crippen LogP contribution in [0.15, 0.2) is 34.4 Å². The molecule has 0 saturated heterocycles. The van der Waals surface area contributed by atoms with Crippen molar-refractivity contribution >= 4 is 27.2 Å². The number of anilines is 1. The van der Waals surface area contributed by atoms with Crippen molar-refractivity contribution in [2.75, 3.05) is 5.32 Å². The summed E-state index contributed by atoms with van der Waals surface area (Å²) in [5.41, 5.74) is 4.15. The number of fused-ring (bicyclic) bond motifs is 1. The van der Waals surface area contributed by atoms with Crippen molar-refractivity contribution in [3.05, 3.63) is 57.0 Å². The molecule has 0 saturated carbocycles. The van der Waals surface area contributed by atoms with Crippen molar-refractivity contribution in [3.63, 3.8) is 0 Å². The zero-order chi connectivity index (χ0) is 14.1. The van der Waals surface area contributed by atoms with Crippen molar-refractivity contribution in [2.45, 2.75) is 20.4 Å². The Labute approximate surface area is 120 Å². The van der Waals surface area contributed by atoms with E-state index in [1.54, 1.807) is 0 Å². The van der Waals surface area contributed by atoms with Gasteiger partial charge in [-0.1, -0.05) is 6.07 Å². The molecule has 3 rings (SSSR count). The highest BCUT2D eigenvalue weighted by atomic mass is 32.1. The van der Waals surface area contributed by atoms with Gasteiger partial charge < -0.3 is 10.3 Å². The lowest BCUT2D eigenvalue weighted by atomic mass is 10.1. The maximum atomic E-state index is 11.9. The molecule has 4 nitrogen and oxygen atoms in total. The minimum atomic E-state index is -0.0674. The second-order valence-corrected chi connectivity index (χ2v) is 5.79. The van der Waals surface area contributed by atoms with Gasteiger partial charge >= 0.3 is 0 Å². The number of aryl methyl sites for hydroxylation is 2. The number of hydrogen-bond donors (Lipinski definition) is 2. The van der Waals surface area contributed by atoms with E-state index in [1.807, 2.05) is 11.4 Å². The van der Waals surface area contributed by atoms with Gasteiger partial charge in [-0.05, 0) is 48.6 Å². The molecule has 102 valence electrons. The highest BCUT2D eigenvalue weighted by Gasteiger charge is 2.05. The van der Waals surface area contributed by atoms with Crippen LogP contribution < -0.4 is 10.9 Å². The van der Waals surface area contributed by atoms with E-state index in [4.69, 9.17) is 0 Å². The molecule has 2 aromatic heterocycles. The molecule has 3 aromatic rings. The van der Waals surface area contributed by atoms with Crippen LogP contribution in [0, 0.1) is 13.8 Å². The molecule has 0 unspecified atom stereocenters. The molecule has 0 spiro atoms. The fourth-order valence-corrected chi connectivity index (χ4v) is 2.99. The van der Waals surface area contributed by atoms with Gasteiger partial charge in [-0.3, -0.25) is 4.79 Å². The summed E-state index contributed by atoms with van der Waals surface area (Å²) in [4.78, 5) is 19.1. The van der Waals surface area contributed by atoms with Crippen LogP contribution in [-0.2, 0) is 6.54 Å². The van der Waals surface area contributed by atoms with Crippen LogP contribution in [0.4, 0.5) is 5.69 Å². The molecule has 0 fully saturated rings. The van der Waals surface area contributed by atoms with E-state index < -0.39 is 0 Å². The Bertz CT molecular complexity index is 799. The van der Waals surface area contributed by atoms with E-state index in [-0.39, 0.29) is 5.56 Å². The number of nitrogens with one attached hydrogen (secondary N) is 2. The van der Waals surface area contributed by atoms with Gasteiger partial charge in [0.05, 0.1) is 12.1 Å². The van der Waals surface area contributed by atoms with Crippen LogP contribution in [0.25, 0.3) is 10.2 Å². The maximum Gasteiger partial charge on any atom is 0.268 e. The molecule has 0 bridgehead atoms. The van der Waals surface area contributed by atoms with Crippen LogP contribution in [0.2, 0.25) is 0 Å². The topological polar surface area (TPSA) is 57.8 Å². The summed E-state index contributed by atoms with van der Waals surface area (Å²) >= 11 is 1.41. The number of aromatic amines is 1. The molecular formula is C15H15N3OS. The molecule has 2 N–H and O–H groups in total. The van der Waals surface area contributed by atoms with Crippen LogP contribution in [-0.4, -0.2) is 9.97 Å². The molecule has 0 radical (unpaired) electrons. The fourth-order valence-electron chi connectivity index (χ4n) is 2.27. The van der Waals surface area contributed by atoms with Crippen molar-refractivity contribution in [1.29, 1.82) is 0 Å². The zero-order valence-corrected chi connectivity index (χ0v) is 12.2. The molecular weight excluding hydrogens is 270 g/mol. The summed E-state index contributed by atoms with van der Waals surface area (Å²) in [5.74, 6) is 0.653. The van der Waals surface area contributed by atoms with Gasteiger partial charge in [0.15, 0.2) is 0 Å². The fraction of sp³-hybridized carbons (Fsp3) is 0.200. The quantitative estimate of drug-likeness (QED) is 0.777. The number of aromatic nitrogens is 2. The molecule has 1 aromatic carbocycles. The number of nitrogens with zero attached hydrogens (tertiary/aromatic N) is 1. The Kier molecular flexibility index (Phi) is 3.28. The second kappa shape index (κ2) is 5.09. The lowest BCUT2D eigenvalue weighted by Crippen LogP contribution is -2.13. The van der Waals surface area contributed by atoms with Gasteiger partial charge in [0.2, 0.25) is 0 Å². The Morgan fingerprint density at radius 1 is 1.25 bits per heavy atom. The van der Waals surface area contributed by atoms with Crippen molar-refractivity contribution < 1.29 is 0 Å². The SMILES string of the molecule is Cc1cc(C)cc(NCc2nc3ccsc3c(=O)[nH]2)c1. The zero-order valence-electron chi connectivity index (χ0n) is 11.4. The van der Waals surface area contributed by atoms with Crippen molar-refractivity contribution in [3.8, 4) is 0 Å². The lowest BCUT2D eigenvalue weighted by Gasteiger charge is -2.08. The summed E-state index contributed by atoms with van der Waals surface area (Å²) in [7, 11) is 0. The minimum absolute atomic E-state index is 0.0674. The molecule has 0 amide bonds. The summed E-state index contributed by atoms with van der Waals surface area (Å²) < 4.78 is 0.681. The minimum Gasteiger partial charge on any atom is -0.378 e. The van der Waals surface area contributed by atoms with E-state index >= 15 is 0 Å². The molecule has 0 aliphatic carbocycles. The summed E-state index contributed by atoms with van der Waals surface area (Å²) in [6.07, 6.45) is 0. The Hall–Kier alpha value is -2.14. The van der Waals surface area contributed by atoms with Gasteiger partial charge in [0, 0.05) is 5.69 Å². The molecule has 0 aliphatic heterocycles. The van der Waals surface area contributed by atoms with E-state index in [1.165, 1.54) is 22.5 Å². The highest BCUT2D eigenvalue weighted by molar-refractivity contribution is 7.17. The number of hydrogen-bond acceptors (Lipinski definition) is 4. The lowest BCUT2D eigenvalue weighted by molar-refractivity contribution is 0.955. The average molecular weight is 285 g/mol. The molecule has 0 atom stereocenters. The standard InChI is InChI=1S/C15H15N3OS/c1-9-5-10(2)7-11(6-9)16-8-13-17-12-3-4-20-14(12)15(19)18-13/h3-7,16H,8H2,1-2H3,(H,17,18,19). The van der Waals surface area contributed by atoms with Crippen LogP contribution in [0.3, 0.4) is 0 Å². The first-order valence-electron chi connectivity index (χ1n) is 6.40. The first-order valence-corrected chi connectivity index (χ1v) is 7.28. The predicted octanol–water partition coefficient (Wildman–Crippen LogP) is 3.21. The number of benzene rings is 1. The van der Waals surface area contributed by atoms with Crippen LogP contribution >= 0.6 is 11.3 Å². The predicted molar refractivity (Wildman–Crippen MR) is 83.5 cm³/mol. The van der Waals surface area contributed by atoms with Gasteiger partial charge in [-0.15, -0.1) is 11.3 Å². The molecule has 2 heterocycles. The van der Waals surface area contributed by atoms with Crippen LogP contribution in [0.1, 0.15) is 17.0 Å². The summed E-state index contributed by atoms with van der Waals surface area (Å²) in [6, 6.07) is 8.15. The normalized spacial score (nSPS) is 10.9. The Morgan fingerprint density at radius 3 is 2.75 bits per heavy atom. The first kappa shape index (κ1) is 12.9. The number of H-pyrrole nitrogens is 1. The Morgan fingerprint density at radius 2 is 2.00 bits per heavy atom. The van der Waals surface area contributed by atoms with Crippen molar-refractivity contribution in [1.82, 2.24) is 9.97 Å². The monoisotopic (exact) mass is 285 g/mol. The average Bonchev–Trinajstić information content (AvgIpc) is 2.84. The molecule has 20 heavy (non-hydrogen) atoms. The second-order valence-electron chi connectivity index (χ2n) is 4.88. The smallest absolute Gasteiger partial charge is 0.268 e. The molecule has 0 aliphatic rings. The number of rotatable bonds is 3. The van der Waals surface area contributed by atoms with E-state index in [9.17, 15) is 4.79 Å². The van der Waals surface area contributed by atoms with E-state index in [0.717, 1.165) is 11.2 Å². The van der Waals surface area contributed by atoms with Gasteiger partial charge in [0.25, 0.3) is 5.56 Å². The largest absolute Gasteiger partial charge is 0.378 e. The Balaban J connectivity index is 1.84. The third-order valence-corrected chi connectivity index (χ3v) is 3.95. The third-order valence-electron chi connectivity index (χ3n) is 3.05. The van der Waals surface area contributed by atoms with Gasteiger partial charge in [-0.2, -0.15) is 0 Å². The first-order chi connectivity index (χ1) is 9.61. The van der Waals surface area contributed by atoms with E-state index in [0.29, 0.717) is 17.1 Å². The number of thiophene rings is 1. The van der Waals surface area contributed by atoms with E-state index in [2.05, 4.69) is 47.3 Å². The third kappa shape index (κ3) is 2.58. The molecule has 5 heteroatoms. The summed E-state index contributed by atoms with van der Waals surface area (Å²) in [6.45, 7) is 4.63.